The maximum atomic E-state index is 13.5. The first kappa shape index (κ1) is 36.4. The van der Waals surface area contributed by atoms with Gasteiger partial charge in [-0.3, -0.25) is 4.90 Å². The molecule has 9 nitrogen and oxygen atoms in total. The summed E-state index contributed by atoms with van der Waals surface area (Å²) in [5, 5.41) is 12.7. The molecule has 3 heterocycles. The first-order valence-corrected chi connectivity index (χ1v) is 21.0. The molecule has 0 radical (unpaired) electrons. The molecule has 0 aromatic heterocycles. The Hall–Kier alpha value is -1.58. The van der Waals surface area contributed by atoms with E-state index in [9.17, 15) is 14.7 Å². The van der Waals surface area contributed by atoms with E-state index in [1.807, 2.05) is 4.90 Å². The minimum absolute atomic E-state index is 0.0164. The molecule has 8 fully saturated rings. The molecule has 288 valence electrons. The Bertz CT molecular complexity index is 1380. The van der Waals surface area contributed by atoms with Crippen molar-refractivity contribution in [1.82, 2.24) is 14.7 Å². The summed E-state index contributed by atoms with van der Waals surface area (Å²) < 4.78 is 19.7. The summed E-state index contributed by atoms with van der Waals surface area (Å²) in [6.45, 7) is 25.7. The number of aliphatic hydroxyl groups is 1. The highest BCUT2D eigenvalue weighted by Crippen LogP contribution is 2.89. The number of carbonyl (C=O) groups is 2. The fraction of sp³-hybridized carbons (Fsp3) is 0.952. The summed E-state index contributed by atoms with van der Waals surface area (Å²) in [5.74, 6) is 1.76. The van der Waals surface area contributed by atoms with Gasteiger partial charge in [0.25, 0.3) is 0 Å². The van der Waals surface area contributed by atoms with Crippen LogP contribution in [0.2, 0.25) is 0 Å². The fourth-order valence-corrected chi connectivity index (χ4v) is 14.7. The van der Waals surface area contributed by atoms with Crippen LogP contribution in [0.15, 0.2) is 0 Å². The maximum Gasteiger partial charge on any atom is 0.410 e. The van der Waals surface area contributed by atoms with E-state index in [1.165, 1.54) is 12.8 Å². The van der Waals surface area contributed by atoms with Crippen LogP contribution in [0, 0.1) is 56.7 Å². The van der Waals surface area contributed by atoms with Gasteiger partial charge in [0, 0.05) is 56.1 Å². The highest BCUT2D eigenvalue weighted by atomic mass is 16.6. The van der Waals surface area contributed by atoms with Gasteiger partial charge >= 0.3 is 12.2 Å². The third-order valence-corrected chi connectivity index (χ3v) is 17.7. The molecular formula is C42H69N3O6. The van der Waals surface area contributed by atoms with Gasteiger partial charge in [-0.2, -0.15) is 0 Å². The number of fused-ring (bicyclic) bond motifs is 4. The van der Waals surface area contributed by atoms with E-state index in [2.05, 4.69) is 67.2 Å². The van der Waals surface area contributed by atoms with Gasteiger partial charge in [0.1, 0.15) is 12.2 Å². The van der Waals surface area contributed by atoms with Crippen LogP contribution >= 0.6 is 0 Å². The molecule has 0 bridgehead atoms. The first-order valence-electron chi connectivity index (χ1n) is 21.0. The number of hydrogen-bond donors (Lipinski definition) is 1. The van der Waals surface area contributed by atoms with Crippen molar-refractivity contribution in [3.63, 3.8) is 0 Å². The zero-order chi connectivity index (χ0) is 36.5. The van der Waals surface area contributed by atoms with Crippen molar-refractivity contribution in [1.29, 1.82) is 0 Å². The summed E-state index contributed by atoms with van der Waals surface area (Å²) >= 11 is 0. The maximum absolute atomic E-state index is 13.5. The highest BCUT2D eigenvalue weighted by Gasteiger charge is 2.84. The number of aliphatic hydroxyl groups excluding tert-OH is 1. The molecule has 3 saturated heterocycles. The van der Waals surface area contributed by atoms with E-state index in [-0.39, 0.29) is 75.5 Å². The van der Waals surface area contributed by atoms with Crippen LogP contribution in [0.25, 0.3) is 0 Å². The number of carbonyl (C=O) groups excluding carboxylic acids is 2. The van der Waals surface area contributed by atoms with Gasteiger partial charge in [0.15, 0.2) is 0 Å². The fourth-order valence-electron chi connectivity index (χ4n) is 14.7. The number of hydrogen-bond acceptors (Lipinski definition) is 7. The molecule has 8 aliphatic rings. The second kappa shape index (κ2) is 12.2. The largest absolute Gasteiger partial charge is 0.446 e. The summed E-state index contributed by atoms with van der Waals surface area (Å²) in [6, 6.07) is 0.503. The standard InChI is InChI=1S/C42H69N3O6/c1-25(2)33(51-37(48)44-17-10-18-44)28-23-27(5)32-34(49-28)35(46)40(9)30-12-11-29-38(6,7)31(50-36(47)45-21-19-43(20-22-45)26(3)4)13-14-41(29)24-42(30,41)16-15-39(32,40)8/h25-35,46H,10-24H2,1-9H3/t27-,28?,29+,30?,31+,32?,33-,34?,35+,39-,40-,41?,42?/m1/s1. The molecule has 0 aromatic carbocycles. The third kappa shape index (κ3) is 5.00. The molecule has 1 N–H and O–H groups in total. The lowest BCUT2D eigenvalue weighted by atomic mass is 9.41. The second-order valence-corrected chi connectivity index (χ2v) is 20.5. The predicted molar refractivity (Wildman–Crippen MR) is 196 cm³/mol. The lowest BCUT2D eigenvalue weighted by Crippen LogP contribution is -2.60. The van der Waals surface area contributed by atoms with E-state index < -0.39 is 6.10 Å². The monoisotopic (exact) mass is 712 g/mol. The van der Waals surface area contributed by atoms with Crippen molar-refractivity contribution < 1.29 is 28.9 Å². The van der Waals surface area contributed by atoms with Gasteiger partial charge in [0.05, 0.1) is 18.3 Å². The topological polar surface area (TPSA) is 91.8 Å². The number of rotatable bonds is 5. The van der Waals surface area contributed by atoms with Crippen LogP contribution in [0.3, 0.4) is 0 Å². The minimum atomic E-state index is -0.547. The highest BCUT2D eigenvalue weighted by molar-refractivity contribution is 5.69. The van der Waals surface area contributed by atoms with Crippen molar-refractivity contribution in [3.8, 4) is 0 Å². The molecule has 13 atom stereocenters. The Labute approximate surface area is 307 Å². The van der Waals surface area contributed by atoms with Crippen molar-refractivity contribution in [3.05, 3.63) is 0 Å². The van der Waals surface area contributed by atoms with Gasteiger partial charge < -0.3 is 29.1 Å². The van der Waals surface area contributed by atoms with E-state index in [4.69, 9.17) is 14.2 Å². The normalized spacial score (nSPS) is 47.7. The number of amides is 2. The van der Waals surface area contributed by atoms with E-state index in [0.29, 0.717) is 23.8 Å². The molecule has 0 aromatic rings. The van der Waals surface area contributed by atoms with Crippen molar-refractivity contribution in [2.24, 2.45) is 56.7 Å². The molecule has 5 aliphatic carbocycles. The van der Waals surface area contributed by atoms with Crippen LogP contribution in [0.1, 0.15) is 120 Å². The summed E-state index contributed by atoms with van der Waals surface area (Å²) in [5.41, 5.74) is 0.166. The molecule has 8 rings (SSSR count). The van der Waals surface area contributed by atoms with Crippen molar-refractivity contribution >= 4 is 12.2 Å². The number of likely N-dealkylation sites (tertiary alicyclic amines) is 1. The first-order chi connectivity index (χ1) is 24.0. The summed E-state index contributed by atoms with van der Waals surface area (Å²) in [4.78, 5) is 32.7. The third-order valence-electron chi connectivity index (χ3n) is 17.7. The molecule has 6 unspecified atom stereocenters. The molecule has 2 spiro atoms. The Morgan fingerprint density at radius 3 is 2.10 bits per heavy atom. The molecule has 9 heteroatoms. The van der Waals surface area contributed by atoms with Crippen LogP contribution in [-0.2, 0) is 14.2 Å². The van der Waals surface area contributed by atoms with Gasteiger partial charge in [0.2, 0.25) is 0 Å². The zero-order valence-electron chi connectivity index (χ0n) is 33.3. The van der Waals surface area contributed by atoms with Crippen LogP contribution < -0.4 is 0 Å². The molecule has 51 heavy (non-hydrogen) atoms. The summed E-state index contributed by atoms with van der Waals surface area (Å²) in [7, 11) is 0. The van der Waals surface area contributed by atoms with Gasteiger partial charge in [-0.25, -0.2) is 9.59 Å². The van der Waals surface area contributed by atoms with Crippen molar-refractivity contribution in [2.45, 2.75) is 157 Å². The average Bonchev–Trinajstić information content (AvgIpc) is 3.68. The number of ether oxygens (including phenoxy) is 3. The van der Waals surface area contributed by atoms with Gasteiger partial charge in [-0.05, 0) is 117 Å². The average molecular weight is 712 g/mol. The molecule has 5 saturated carbocycles. The Morgan fingerprint density at radius 2 is 1.47 bits per heavy atom. The zero-order valence-corrected chi connectivity index (χ0v) is 33.3. The lowest BCUT2D eigenvalue weighted by Gasteiger charge is -2.63. The molecular weight excluding hydrogens is 642 g/mol. The smallest absolute Gasteiger partial charge is 0.410 e. The number of nitrogens with zero attached hydrogens (tertiary/aromatic N) is 3. The number of piperazine rings is 1. The van der Waals surface area contributed by atoms with E-state index in [1.54, 1.807) is 4.90 Å². The Balaban J connectivity index is 0.995. The quantitative estimate of drug-likeness (QED) is 0.323. The van der Waals surface area contributed by atoms with Gasteiger partial charge in [-0.15, -0.1) is 0 Å². The Morgan fingerprint density at radius 1 is 0.824 bits per heavy atom. The van der Waals surface area contributed by atoms with Crippen LogP contribution in [0.4, 0.5) is 9.59 Å². The minimum Gasteiger partial charge on any atom is -0.446 e. The van der Waals surface area contributed by atoms with Gasteiger partial charge in [-0.1, -0.05) is 48.5 Å². The summed E-state index contributed by atoms with van der Waals surface area (Å²) in [6.07, 6.45) is 8.13. The van der Waals surface area contributed by atoms with E-state index in [0.717, 1.165) is 84.2 Å². The second-order valence-electron chi connectivity index (χ2n) is 20.5. The SMILES string of the molecule is CC(C)[C@@H](OC(=O)N1CCC1)C1C[C@@H](C)C2C(O1)[C@H](O)[C@@]1(C)C3CC[C@H]4C(C)(C)[C@@H](OC(=O)N5CCN(C(C)C)CC5)CCC45CC35CC[C@]21C. The lowest BCUT2D eigenvalue weighted by molar-refractivity contribution is -0.185. The predicted octanol–water partition coefficient (Wildman–Crippen LogP) is 7.20. The van der Waals surface area contributed by atoms with Crippen LogP contribution in [-0.4, -0.2) is 108 Å². The molecule has 3 aliphatic heterocycles. The molecule has 2 amide bonds. The van der Waals surface area contributed by atoms with E-state index >= 15 is 0 Å². The van der Waals surface area contributed by atoms with Crippen molar-refractivity contribution in [2.75, 3.05) is 39.3 Å². The Kier molecular flexibility index (Phi) is 8.72. The van der Waals surface area contributed by atoms with Crippen LogP contribution in [0.5, 0.6) is 0 Å².